The van der Waals surface area contributed by atoms with Gasteiger partial charge in [-0.2, -0.15) is 0 Å². The number of amides is 2. The van der Waals surface area contributed by atoms with Gasteiger partial charge in [-0.25, -0.2) is 4.90 Å². The second-order valence-corrected chi connectivity index (χ2v) is 7.44. The van der Waals surface area contributed by atoms with E-state index in [2.05, 4.69) is 4.98 Å². The molecule has 1 aliphatic heterocycles. The Labute approximate surface area is 138 Å². The van der Waals surface area contributed by atoms with Gasteiger partial charge in [-0.05, 0) is 55.7 Å². The molecule has 3 fully saturated rings. The number of anilines is 1. The molecule has 4 atom stereocenters. The molecule has 2 aromatic rings. The van der Waals surface area contributed by atoms with Crippen LogP contribution in [0.5, 0.6) is 0 Å². The fourth-order valence-corrected chi connectivity index (χ4v) is 5.23. The summed E-state index contributed by atoms with van der Waals surface area (Å²) in [6.07, 6.45) is 3.18. The molecule has 2 heterocycles. The highest BCUT2D eigenvalue weighted by molar-refractivity contribution is 6.23. The van der Waals surface area contributed by atoms with Crippen molar-refractivity contribution in [2.24, 2.45) is 23.7 Å². The Hall–Kier alpha value is -2.43. The van der Waals surface area contributed by atoms with Crippen molar-refractivity contribution >= 4 is 28.4 Å². The SMILES string of the molecule is Cc1cc(=O)[nH]c2cc(N3C(=O)C4C5CCC(C5)C4C3=O)ccc12. The van der Waals surface area contributed by atoms with Crippen molar-refractivity contribution in [3.8, 4) is 0 Å². The number of hydrogen-bond acceptors (Lipinski definition) is 3. The van der Waals surface area contributed by atoms with Gasteiger partial charge in [0.25, 0.3) is 0 Å². The molecular formula is C19H18N2O3. The number of fused-ring (bicyclic) bond motifs is 6. The maximum absolute atomic E-state index is 12.9. The van der Waals surface area contributed by atoms with E-state index in [1.54, 1.807) is 12.1 Å². The number of pyridine rings is 1. The molecular weight excluding hydrogens is 304 g/mol. The first kappa shape index (κ1) is 14.0. The van der Waals surface area contributed by atoms with Crippen LogP contribution < -0.4 is 10.5 Å². The van der Waals surface area contributed by atoms with Gasteiger partial charge in [-0.3, -0.25) is 14.4 Å². The fourth-order valence-electron chi connectivity index (χ4n) is 5.23. The number of carbonyl (C=O) groups is 2. The van der Waals surface area contributed by atoms with Gasteiger partial charge in [0.1, 0.15) is 0 Å². The molecule has 1 aromatic heterocycles. The van der Waals surface area contributed by atoms with Crippen LogP contribution in [0.3, 0.4) is 0 Å². The molecule has 5 nitrogen and oxygen atoms in total. The number of aromatic amines is 1. The maximum Gasteiger partial charge on any atom is 0.248 e. The van der Waals surface area contributed by atoms with Crippen molar-refractivity contribution in [3.63, 3.8) is 0 Å². The highest BCUT2D eigenvalue weighted by Gasteiger charge is 2.61. The lowest BCUT2D eigenvalue weighted by molar-refractivity contribution is -0.123. The average molecular weight is 322 g/mol. The topological polar surface area (TPSA) is 70.2 Å². The Morgan fingerprint density at radius 2 is 1.67 bits per heavy atom. The van der Waals surface area contributed by atoms with E-state index in [0.717, 1.165) is 30.2 Å². The third-order valence-corrected chi connectivity index (χ3v) is 6.22. The van der Waals surface area contributed by atoms with E-state index in [1.165, 1.54) is 4.90 Å². The van der Waals surface area contributed by atoms with Crippen LogP contribution in [0.1, 0.15) is 24.8 Å². The van der Waals surface area contributed by atoms with Gasteiger partial charge in [0.05, 0.1) is 23.0 Å². The van der Waals surface area contributed by atoms with Crippen LogP contribution >= 0.6 is 0 Å². The Morgan fingerprint density at radius 1 is 1.00 bits per heavy atom. The van der Waals surface area contributed by atoms with Crippen molar-refractivity contribution in [2.45, 2.75) is 26.2 Å². The maximum atomic E-state index is 12.9. The smallest absolute Gasteiger partial charge is 0.248 e. The lowest BCUT2D eigenvalue weighted by atomic mass is 9.81. The Bertz CT molecular complexity index is 933. The minimum absolute atomic E-state index is 0.0495. The number of carbonyl (C=O) groups excluding carboxylic acids is 2. The van der Waals surface area contributed by atoms with Crippen molar-refractivity contribution in [1.29, 1.82) is 0 Å². The van der Waals surface area contributed by atoms with Crippen LogP contribution in [-0.2, 0) is 9.59 Å². The zero-order valence-corrected chi connectivity index (χ0v) is 13.4. The largest absolute Gasteiger partial charge is 0.322 e. The van der Waals surface area contributed by atoms with E-state index < -0.39 is 0 Å². The Morgan fingerprint density at radius 3 is 2.33 bits per heavy atom. The number of nitrogens with one attached hydrogen (secondary N) is 1. The summed E-state index contributed by atoms with van der Waals surface area (Å²) in [5.74, 6) is 0.415. The normalized spacial score (nSPS) is 31.3. The average Bonchev–Trinajstić information content (AvgIpc) is 3.20. The summed E-state index contributed by atoms with van der Waals surface area (Å²) in [5.41, 5.74) is 1.95. The summed E-state index contributed by atoms with van der Waals surface area (Å²) in [6, 6.07) is 6.99. The summed E-state index contributed by atoms with van der Waals surface area (Å²) >= 11 is 0. The number of aromatic nitrogens is 1. The zero-order valence-electron chi connectivity index (χ0n) is 13.4. The summed E-state index contributed by atoms with van der Waals surface area (Å²) in [4.78, 5) is 41.7. The van der Waals surface area contributed by atoms with Crippen molar-refractivity contribution < 1.29 is 9.59 Å². The molecule has 2 aliphatic carbocycles. The molecule has 1 aromatic carbocycles. The van der Waals surface area contributed by atoms with E-state index in [1.807, 2.05) is 19.1 Å². The van der Waals surface area contributed by atoms with E-state index >= 15 is 0 Å². The molecule has 2 bridgehead atoms. The van der Waals surface area contributed by atoms with Gasteiger partial charge < -0.3 is 4.98 Å². The van der Waals surface area contributed by atoms with Gasteiger partial charge in [-0.15, -0.1) is 0 Å². The molecule has 1 N–H and O–H groups in total. The molecule has 0 spiro atoms. The number of imide groups is 1. The minimum atomic E-state index is -0.175. The molecule has 4 unspecified atom stereocenters. The predicted octanol–water partition coefficient (Wildman–Crippen LogP) is 2.37. The summed E-state index contributed by atoms with van der Waals surface area (Å²) in [7, 11) is 0. The van der Waals surface area contributed by atoms with Gasteiger partial charge in [0.2, 0.25) is 17.4 Å². The first-order chi connectivity index (χ1) is 11.5. The van der Waals surface area contributed by atoms with Gasteiger partial charge in [0.15, 0.2) is 0 Å². The molecule has 2 saturated carbocycles. The summed E-state index contributed by atoms with van der Waals surface area (Å²) in [6.45, 7) is 1.88. The molecule has 24 heavy (non-hydrogen) atoms. The lowest BCUT2D eigenvalue weighted by Gasteiger charge is -2.19. The third-order valence-electron chi connectivity index (χ3n) is 6.22. The van der Waals surface area contributed by atoms with Crippen LogP contribution in [0.4, 0.5) is 5.69 Å². The highest BCUT2D eigenvalue weighted by Crippen LogP contribution is 2.56. The molecule has 5 rings (SSSR count). The number of aryl methyl sites for hydroxylation is 1. The number of hydrogen-bond donors (Lipinski definition) is 1. The van der Waals surface area contributed by atoms with Gasteiger partial charge in [0, 0.05) is 11.5 Å². The zero-order chi connectivity index (χ0) is 16.6. The van der Waals surface area contributed by atoms with E-state index in [9.17, 15) is 14.4 Å². The van der Waals surface area contributed by atoms with Gasteiger partial charge in [-0.1, -0.05) is 6.07 Å². The van der Waals surface area contributed by atoms with E-state index in [0.29, 0.717) is 23.0 Å². The first-order valence-corrected chi connectivity index (χ1v) is 8.56. The van der Waals surface area contributed by atoms with Crippen molar-refractivity contribution in [3.05, 3.63) is 40.2 Å². The fraction of sp³-hybridized carbons (Fsp3) is 0.421. The number of nitrogens with zero attached hydrogens (tertiary/aromatic N) is 1. The van der Waals surface area contributed by atoms with Crippen LogP contribution in [-0.4, -0.2) is 16.8 Å². The second-order valence-electron chi connectivity index (χ2n) is 7.44. The monoisotopic (exact) mass is 322 g/mol. The highest BCUT2D eigenvalue weighted by atomic mass is 16.2. The number of rotatable bonds is 1. The molecule has 122 valence electrons. The van der Waals surface area contributed by atoms with E-state index in [-0.39, 0.29) is 29.2 Å². The standard InChI is InChI=1S/C19H18N2O3/c1-9-6-15(22)20-14-8-12(4-5-13(9)14)21-18(23)16-10-2-3-11(7-10)17(16)19(21)24/h4-6,8,10-11,16-17H,2-3,7H2,1H3,(H,20,22). The number of H-pyrrole nitrogens is 1. The third kappa shape index (κ3) is 1.67. The molecule has 2 amide bonds. The van der Waals surface area contributed by atoms with E-state index in [4.69, 9.17) is 0 Å². The van der Waals surface area contributed by atoms with Crippen LogP contribution in [0.2, 0.25) is 0 Å². The molecule has 3 aliphatic rings. The molecule has 1 saturated heterocycles. The van der Waals surface area contributed by atoms with Crippen LogP contribution in [0.15, 0.2) is 29.1 Å². The molecule has 5 heteroatoms. The minimum Gasteiger partial charge on any atom is -0.322 e. The van der Waals surface area contributed by atoms with Crippen LogP contribution in [0, 0.1) is 30.6 Å². The first-order valence-electron chi connectivity index (χ1n) is 8.56. The lowest BCUT2D eigenvalue weighted by Crippen LogP contribution is -2.32. The Kier molecular flexibility index (Phi) is 2.65. The quantitative estimate of drug-likeness (QED) is 0.820. The molecule has 0 radical (unpaired) electrons. The number of benzene rings is 1. The van der Waals surface area contributed by atoms with Crippen molar-refractivity contribution in [2.75, 3.05) is 4.90 Å². The van der Waals surface area contributed by atoms with Gasteiger partial charge >= 0.3 is 0 Å². The summed E-state index contributed by atoms with van der Waals surface area (Å²) < 4.78 is 0. The predicted molar refractivity (Wildman–Crippen MR) is 89.6 cm³/mol. The Balaban J connectivity index is 1.62. The second kappa shape index (κ2) is 4.56. The van der Waals surface area contributed by atoms with Crippen molar-refractivity contribution in [1.82, 2.24) is 4.98 Å². The summed E-state index contributed by atoms with van der Waals surface area (Å²) in [5, 5.41) is 0.928. The van der Waals surface area contributed by atoms with Crippen LogP contribution in [0.25, 0.3) is 10.9 Å².